The molecule has 2 aromatic rings. The fourth-order valence-electron chi connectivity index (χ4n) is 9.48. The maximum absolute atomic E-state index is 13.0. The van der Waals surface area contributed by atoms with Gasteiger partial charge in [-0.25, -0.2) is 8.42 Å². The van der Waals surface area contributed by atoms with Crippen molar-refractivity contribution >= 4 is 78.8 Å². The van der Waals surface area contributed by atoms with Gasteiger partial charge in [0.1, 0.15) is 11.0 Å². The van der Waals surface area contributed by atoms with Gasteiger partial charge in [0.25, 0.3) is 0 Å². The van der Waals surface area contributed by atoms with Gasteiger partial charge in [-0.05, 0) is 139 Å². The molecule has 0 saturated heterocycles. The minimum absolute atomic E-state index is 0. The van der Waals surface area contributed by atoms with Crippen LogP contribution in [0.2, 0.25) is 0 Å². The molecule has 54 heavy (non-hydrogen) atoms. The van der Waals surface area contributed by atoms with Crippen LogP contribution < -0.4 is 5.14 Å². The van der Waals surface area contributed by atoms with Crippen molar-refractivity contribution in [3.63, 3.8) is 0 Å². The van der Waals surface area contributed by atoms with Gasteiger partial charge >= 0.3 is 0 Å². The van der Waals surface area contributed by atoms with E-state index in [1.54, 1.807) is 7.11 Å². The molecule has 304 valence electrons. The van der Waals surface area contributed by atoms with Crippen LogP contribution >= 0.6 is 45.4 Å². The number of halogens is 2. The molecule has 7 nitrogen and oxygen atoms in total. The maximum Gasteiger partial charge on any atom is 0.169 e. The first-order valence-electron chi connectivity index (χ1n) is 18.8. The van der Waals surface area contributed by atoms with E-state index < -0.39 is 22.0 Å². The molecule has 0 radical (unpaired) electrons. The summed E-state index contributed by atoms with van der Waals surface area (Å²) < 4.78 is 41.0. The Morgan fingerprint density at radius 2 is 1.07 bits per heavy atom. The van der Waals surface area contributed by atoms with Crippen LogP contribution in [-0.4, -0.2) is 55.8 Å². The number of hydrogen-bond donors (Lipinski definition) is 1. The molecule has 2 fully saturated rings. The van der Waals surface area contributed by atoms with E-state index in [-0.39, 0.29) is 46.0 Å². The van der Waals surface area contributed by atoms with Crippen molar-refractivity contribution < 1.29 is 22.7 Å². The summed E-state index contributed by atoms with van der Waals surface area (Å²) in [6.45, 7) is 20.5. The molecule has 0 aromatic heterocycles. The fraction of sp³-hybridized carbons (Fsp3) is 0.667. The summed E-state index contributed by atoms with van der Waals surface area (Å²) in [4.78, 5) is 13.0. The van der Waals surface area contributed by atoms with Crippen molar-refractivity contribution in [2.45, 2.75) is 129 Å². The molecule has 0 heterocycles. The van der Waals surface area contributed by atoms with Crippen LogP contribution in [0.3, 0.4) is 0 Å². The Kier molecular flexibility index (Phi) is 16.3. The van der Waals surface area contributed by atoms with E-state index >= 15 is 0 Å². The van der Waals surface area contributed by atoms with Gasteiger partial charge < -0.3 is 9.47 Å². The molecule has 0 amide bonds. The molecule has 4 aliphatic rings. The van der Waals surface area contributed by atoms with Crippen LogP contribution in [0.5, 0.6) is 0 Å². The number of Topliss-reactive ketones (excluding diaryl/α,β-unsaturated/α-hetero) is 1. The minimum atomic E-state index is -1.26. The second-order valence-corrected chi connectivity index (χ2v) is 23.7. The lowest BCUT2D eigenvalue weighted by Crippen LogP contribution is -2.45. The van der Waals surface area contributed by atoms with Crippen LogP contribution in [-0.2, 0) is 44.3 Å². The highest BCUT2D eigenvalue weighted by Gasteiger charge is 2.52. The number of nitrogens with two attached hydrogens (primary N) is 1. The second-order valence-electron chi connectivity index (χ2n) is 18.2. The Morgan fingerprint density at radius 3 is 1.46 bits per heavy atom. The van der Waals surface area contributed by atoms with E-state index in [9.17, 15) is 13.2 Å². The number of rotatable bonds is 3. The Morgan fingerprint density at radius 1 is 0.704 bits per heavy atom. The third kappa shape index (κ3) is 10.5. The largest absolute Gasteiger partial charge is 0.381 e. The van der Waals surface area contributed by atoms with Crippen LogP contribution in [0.4, 0.5) is 0 Å². The standard InChI is InChI=1S/C21H30BrNO2S.C17H21BrO2.C4H11NOS.H2S/c1-13-10-21(11-14(2)18(13)25-6)12-15-7-8-16(22)9-17(15)19(21)23-26(24)20(3,4)5;1-10-7-17(8-11(2)15(10)20-3)9-12-4-5-13(18)6-14(12)16(17)19;1-4(2,3)7(5)6;/h7-9,13-14,18H,10-12H2,1-6H3;4-6,10-11,15H,7-9H2,1-3H3;5H2,1-3H3;1H2/t13-,14+,18?,21?,26-;10-,11+,15?,17?;7-;/m0.0./s1. The van der Waals surface area contributed by atoms with Crippen molar-refractivity contribution in [3.8, 4) is 0 Å². The van der Waals surface area contributed by atoms with Crippen LogP contribution in [0.25, 0.3) is 0 Å². The van der Waals surface area contributed by atoms with E-state index in [4.69, 9.17) is 19.0 Å². The highest BCUT2D eigenvalue weighted by molar-refractivity contribution is 9.10. The summed E-state index contributed by atoms with van der Waals surface area (Å²) in [5, 5.41) is 5.04. The highest BCUT2D eigenvalue weighted by Crippen LogP contribution is 2.53. The summed E-state index contributed by atoms with van der Waals surface area (Å²) in [5.74, 6) is 2.13. The van der Waals surface area contributed by atoms with Crippen molar-refractivity contribution in [1.82, 2.24) is 0 Å². The number of fused-ring (bicyclic) bond motifs is 2. The molecular weight excluding hydrogens is 868 g/mol. The van der Waals surface area contributed by atoms with E-state index in [0.717, 1.165) is 58.7 Å². The number of ether oxygens (including phenoxy) is 2. The zero-order valence-corrected chi connectivity index (χ0v) is 40.1. The Hall–Kier alpha value is -0.730. The smallest absolute Gasteiger partial charge is 0.169 e. The fourth-order valence-corrected chi connectivity index (χ4v) is 10.9. The molecule has 0 aliphatic heterocycles. The van der Waals surface area contributed by atoms with Crippen molar-refractivity contribution in [1.29, 1.82) is 0 Å². The molecule has 4 aliphatic carbocycles. The predicted molar refractivity (Wildman–Crippen MR) is 239 cm³/mol. The third-order valence-corrected chi connectivity index (χ3v) is 15.2. The molecule has 12 heteroatoms. The molecule has 10 atom stereocenters. The summed E-state index contributed by atoms with van der Waals surface area (Å²) in [6.07, 6.45) is 6.40. The monoisotopic (exact) mass is 930 g/mol. The van der Waals surface area contributed by atoms with Crippen LogP contribution in [0.1, 0.15) is 122 Å². The number of ketones is 1. The van der Waals surface area contributed by atoms with E-state index in [1.165, 1.54) is 16.7 Å². The SMILES string of the molecule is CC(C)(C)[S@@](N)=O.COC1[C@H](C)CC2(Cc3ccc(Br)cc3C2=N[S@@](=O)C(C)(C)C)C[C@@H]1C.COC1[C@H](C)CC2(Cc3ccc(Br)cc3C2=O)C[C@@H]1C.S. The lowest BCUT2D eigenvalue weighted by Gasteiger charge is -2.45. The zero-order chi connectivity index (χ0) is 39.8. The number of nitrogens with zero attached hydrogens (tertiary/aromatic N) is 1. The van der Waals surface area contributed by atoms with E-state index in [1.807, 2.05) is 60.8 Å². The Labute approximate surface area is 354 Å². The summed E-state index contributed by atoms with van der Waals surface area (Å²) >= 11 is 7.08. The van der Waals surface area contributed by atoms with Crippen LogP contribution in [0, 0.1) is 34.5 Å². The number of methoxy groups -OCH3 is 2. The van der Waals surface area contributed by atoms with E-state index in [2.05, 4.69) is 83.8 Å². The van der Waals surface area contributed by atoms with Gasteiger partial charge in [-0.3, -0.25) is 9.93 Å². The second kappa shape index (κ2) is 18.5. The van der Waals surface area contributed by atoms with E-state index in [0.29, 0.717) is 29.5 Å². The van der Waals surface area contributed by atoms with Crippen LogP contribution in [0.15, 0.2) is 49.7 Å². The van der Waals surface area contributed by atoms with Gasteiger partial charge in [0.2, 0.25) is 0 Å². The topological polar surface area (TPSA) is 108 Å². The molecule has 2 aromatic carbocycles. The number of carbonyl (C=O) groups excluding carboxylic acids is 1. The number of hydrogen-bond acceptors (Lipinski definition) is 5. The van der Waals surface area contributed by atoms with Gasteiger partial charge in [-0.15, -0.1) is 0 Å². The first-order chi connectivity index (χ1) is 24.5. The first kappa shape index (κ1) is 47.6. The third-order valence-electron chi connectivity index (χ3n) is 11.6. The molecule has 2 saturated carbocycles. The quantitative estimate of drug-likeness (QED) is 0.330. The highest BCUT2D eigenvalue weighted by atomic mass is 79.9. The predicted octanol–water partition coefficient (Wildman–Crippen LogP) is 10.1. The molecule has 2 spiro atoms. The summed E-state index contributed by atoms with van der Waals surface area (Å²) in [5.41, 5.74) is 5.48. The van der Waals surface area contributed by atoms with Crippen molar-refractivity contribution in [2.24, 2.45) is 44.0 Å². The Bertz CT molecular complexity index is 1710. The minimum Gasteiger partial charge on any atom is -0.381 e. The molecule has 6 rings (SSSR count). The molecule has 2 N–H and O–H groups in total. The molecular formula is C42H64Br2N2O5S3. The number of benzene rings is 2. The maximum atomic E-state index is 13.0. The lowest BCUT2D eigenvalue weighted by atomic mass is 9.63. The normalized spacial score (nSPS) is 32.1. The van der Waals surface area contributed by atoms with Gasteiger partial charge in [0, 0.05) is 45.1 Å². The van der Waals surface area contributed by atoms with Crippen molar-refractivity contribution in [3.05, 3.63) is 67.6 Å². The summed E-state index contributed by atoms with van der Waals surface area (Å²) in [7, 11) is 1.17. The van der Waals surface area contributed by atoms with Gasteiger partial charge in [-0.1, -0.05) is 71.7 Å². The zero-order valence-electron chi connectivity index (χ0n) is 34.3. The van der Waals surface area contributed by atoms with Gasteiger partial charge in [0.15, 0.2) is 5.78 Å². The molecule has 0 bridgehead atoms. The average molecular weight is 933 g/mol. The first-order valence-corrected chi connectivity index (χ1v) is 22.7. The number of carbonyl (C=O) groups is 1. The summed E-state index contributed by atoms with van der Waals surface area (Å²) in [6, 6.07) is 12.6. The lowest BCUT2D eigenvalue weighted by molar-refractivity contribution is -0.0426. The van der Waals surface area contributed by atoms with Crippen molar-refractivity contribution in [2.75, 3.05) is 14.2 Å². The van der Waals surface area contributed by atoms with Gasteiger partial charge in [0.05, 0.1) is 38.4 Å². The molecule has 4 unspecified atom stereocenters. The average Bonchev–Trinajstić information content (AvgIpc) is 3.45. The Balaban J connectivity index is 0.000000248. The van der Waals surface area contributed by atoms with Gasteiger partial charge in [-0.2, -0.15) is 17.9 Å².